The summed E-state index contributed by atoms with van der Waals surface area (Å²) in [6.07, 6.45) is 6.50. The van der Waals surface area contributed by atoms with Crippen molar-refractivity contribution in [3.8, 4) is 0 Å². The Labute approximate surface area is 81.5 Å². The third-order valence-corrected chi connectivity index (χ3v) is 2.35. The van der Waals surface area contributed by atoms with Crippen molar-refractivity contribution in [2.45, 2.75) is 13.8 Å². The molecule has 12 heavy (non-hydrogen) atoms. The van der Waals surface area contributed by atoms with Gasteiger partial charge in [-0.2, -0.15) is 0 Å². The van der Waals surface area contributed by atoms with Gasteiger partial charge in [0.25, 0.3) is 0 Å². The van der Waals surface area contributed by atoms with Gasteiger partial charge in [0.15, 0.2) is 0 Å². The summed E-state index contributed by atoms with van der Waals surface area (Å²) in [5.41, 5.74) is 1.34. The molecule has 1 aromatic rings. The van der Waals surface area contributed by atoms with Crippen LogP contribution >= 0.6 is 15.9 Å². The highest BCUT2D eigenvalue weighted by Crippen LogP contribution is 1.86. The van der Waals surface area contributed by atoms with E-state index in [4.69, 9.17) is 0 Å². The van der Waals surface area contributed by atoms with E-state index in [1.807, 2.05) is 0 Å². The van der Waals surface area contributed by atoms with Crippen LogP contribution in [0, 0.1) is 6.92 Å². The van der Waals surface area contributed by atoms with Crippen molar-refractivity contribution < 1.29 is 0 Å². The lowest BCUT2D eigenvalue weighted by molar-refractivity contribution is 0.886. The van der Waals surface area contributed by atoms with Crippen LogP contribution in [-0.2, 0) is 7.05 Å². The minimum Gasteiger partial charge on any atom is -0.351 e. The fourth-order valence-electron chi connectivity index (χ4n) is 1.52. The Balaban J connectivity index is 3.56. The molecule has 66 valence electrons. The number of halogens is 1. The number of aromatic nitrogens is 1. The van der Waals surface area contributed by atoms with E-state index in [0.717, 1.165) is 5.33 Å². The first kappa shape index (κ1) is 9.59. The molecule has 0 spiro atoms. The highest BCUT2D eigenvalue weighted by molar-refractivity contribution is 9.09. The minimum absolute atomic E-state index is 0.915. The smallest absolute Gasteiger partial charge is 0.0434 e. The fraction of sp³-hybridized carbons (Fsp3) is 0.400. The molecular weight excluding hydrogens is 214 g/mol. The average Bonchev–Trinajstić information content (AvgIpc) is 2.28. The van der Waals surface area contributed by atoms with Gasteiger partial charge >= 0.3 is 0 Å². The summed E-state index contributed by atoms with van der Waals surface area (Å²) in [7, 11) is 2.08. The van der Waals surface area contributed by atoms with Gasteiger partial charge in [0.05, 0.1) is 0 Å². The van der Waals surface area contributed by atoms with Crippen molar-refractivity contribution in [1.82, 2.24) is 4.57 Å². The van der Waals surface area contributed by atoms with Crippen molar-refractivity contribution in [2.75, 3.05) is 5.33 Å². The van der Waals surface area contributed by atoms with Crippen molar-refractivity contribution in [2.24, 2.45) is 7.05 Å². The maximum absolute atomic E-state index is 3.41. The zero-order chi connectivity index (χ0) is 9.14. The lowest BCUT2D eigenvalue weighted by Crippen LogP contribution is -2.28. The Bertz CT molecular complexity index is 373. The number of rotatable bonds is 1. The molecular formula is C10H14BrN. The monoisotopic (exact) mass is 227 g/mol. The van der Waals surface area contributed by atoms with Crippen molar-refractivity contribution in [3.05, 3.63) is 22.3 Å². The van der Waals surface area contributed by atoms with Gasteiger partial charge in [-0.25, -0.2) is 0 Å². The highest BCUT2D eigenvalue weighted by Gasteiger charge is 1.94. The largest absolute Gasteiger partial charge is 0.351 e. The summed E-state index contributed by atoms with van der Waals surface area (Å²) in [4.78, 5) is 0. The molecule has 0 atom stereocenters. The molecule has 0 aromatic carbocycles. The second kappa shape index (κ2) is 3.94. The molecule has 0 saturated heterocycles. The summed E-state index contributed by atoms with van der Waals surface area (Å²) < 4.78 is 2.16. The van der Waals surface area contributed by atoms with Crippen molar-refractivity contribution in [1.29, 1.82) is 0 Å². The predicted molar refractivity (Wildman–Crippen MR) is 57.8 cm³/mol. The molecule has 1 nitrogen and oxygen atoms in total. The fourth-order valence-corrected chi connectivity index (χ4v) is 1.85. The second-order valence-electron chi connectivity index (χ2n) is 2.87. The van der Waals surface area contributed by atoms with Gasteiger partial charge in [-0.15, -0.1) is 0 Å². The topological polar surface area (TPSA) is 4.93 Å². The average molecular weight is 228 g/mol. The lowest BCUT2D eigenvalue weighted by Gasteiger charge is -1.87. The zero-order valence-electron chi connectivity index (χ0n) is 7.76. The number of aryl methyl sites for hydroxylation is 2. The first-order valence-corrected chi connectivity index (χ1v) is 5.17. The Morgan fingerprint density at radius 3 is 2.75 bits per heavy atom. The quantitative estimate of drug-likeness (QED) is 0.639. The van der Waals surface area contributed by atoms with Crippen LogP contribution in [0.25, 0.3) is 12.2 Å². The van der Waals surface area contributed by atoms with Gasteiger partial charge in [0, 0.05) is 23.9 Å². The zero-order valence-corrected chi connectivity index (χ0v) is 9.35. The van der Waals surface area contributed by atoms with Crippen LogP contribution in [0.5, 0.6) is 0 Å². The summed E-state index contributed by atoms with van der Waals surface area (Å²) in [5.74, 6) is 0. The van der Waals surface area contributed by atoms with E-state index in [1.165, 1.54) is 16.1 Å². The van der Waals surface area contributed by atoms with Crippen LogP contribution in [0.2, 0.25) is 0 Å². The van der Waals surface area contributed by atoms with E-state index in [9.17, 15) is 0 Å². The van der Waals surface area contributed by atoms with Gasteiger partial charge < -0.3 is 4.57 Å². The Kier molecular flexibility index (Phi) is 3.15. The predicted octanol–water partition coefficient (Wildman–Crippen LogP) is 1.31. The molecule has 1 aromatic heterocycles. The molecule has 0 unspecified atom stereocenters. The normalized spacial score (nSPS) is 14.3. The molecule has 1 rings (SSSR count). The lowest BCUT2D eigenvalue weighted by atomic mass is 10.3. The standard InChI is InChI=1S/C10H14BrN/c1-4-10-9(5-6-11)8(2)7-12(10)3/h4-5,7H,6H2,1-3H3/b9-5-,10-4+. The minimum atomic E-state index is 0.915. The van der Waals surface area contributed by atoms with E-state index >= 15 is 0 Å². The molecule has 0 bridgehead atoms. The molecule has 0 aliphatic rings. The van der Waals surface area contributed by atoms with Crippen molar-refractivity contribution in [3.63, 3.8) is 0 Å². The molecule has 0 aliphatic heterocycles. The molecule has 1 heterocycles. The van der Waals surface area contributed by atoms with Gasteiger partial charge in [-0.1, -0.05) is 28.1 Å². The molecule has 2 heteroatoms. The molecule has 0 saturated carbocycles. The first-order chi connectivity index (χ1) is 5.70. The third-order valence-electron chi connectivity index (χ3n) is 2.02. The number of nitrogens with zero attached hydrogens (tertiary/aromatic N) is 1. The summed E-state index contributed by atoms with van der Waals surface area (Å²) in [6, 6.07) is 0. The van der Waals surface area contributed by atoms with Gasteiger partial charge in [-0.3, -0.25) is 0 Å². The van der Waals surface area contributed by atoms with Crippen molar-refractivity contribution >= 4 is 28.1 Å². The third kappa shape index (κ3) is 1.63. The molecule has 0 N–H and O–H groups in total. The van der Waals surface area contributed by atoms with E-state index in [-0.39, 0.29) is 0 Å². The maximum Gasteiger partial charge on any atom is 0.0434 e. The summed E-state index contributed by atoms with van der Waals surface area (Å²) >= 11 is 3.41. The molecule has 0 aliphatic carbocycles. The SMILES string of the molecule is C/C=c1\c(=C/CBr)c(C)cn1C. The molecule has 0 fully saturated rings. The number of hydrogen-bond acceptors (Lipinski definition) is 0. The van der Waals surface area contributed by atoms with Gasteiger partial charge in [0.1, 0.15) is 0 Å². The maximum atomic E-state index is 3.41. The number of hydrogen-bond donors (Lipinski definition) is 0. The van der Waals surface area contributed by atoms with Crippen LogP contribution in [0.3, 0.4) is 0 Å². The van der Waals surface area contributed by atoms with Crippen LogP contribution in [-0.4, -0.2) is 9.90 Å². The van der Waals surface area contributed by atoms with Crippen LogP contribution < -0.4 is 10.6 Å². The molecule has 0 amide bonds. The van der Waals surface area contributed by atoms with E-state index in [1.54, 1.807) is 0 Å². The highest BCUT2D eigenvalue weighted by atomic mass is 79.9. The Hall–Kier alpha value is -0.500. The van der Waals surface area contributed by atoms with E-state index in [0.29, 0.717) is 0 Å². The number of alkyl halides is 1. The van der Waals surface area contributed by atoms with Gasteiger partial charge in [0.2, 0.25) is 0 Å². The first-order valence-electron chi connectivity index (χ1n) is 4.05. The molecule has 0 radical (unpaired) electrons. The summed E-state index contributed by atoms with van der Waals surface area (Å²) in [5, 5.41) is 3.56. The Morgan fingerprint density at radius 2 is 2.25 bits per heavy atom. The van der Waals surface area contributed by atoms with E-state index in [2.05, 4.69) is 59.7 Å². The summed E-state index contributed by atoms with van der Waals surface area (Å²) in [6.45, 7) is 4.21. The van der Waals surface area contributed by atoms with Crippen LogP contribution in [0.15, 0.2) is 6.20 Å². The van der Waals surface area contributed by atoms with Gasteiger partial charge in [-0.05, 0) is 24.6 Å². The Morgan fingerprint density at radius 1 is 1.58 bits per heavy atom. The second-order valence-corrected chi connectivity index (χ2v) is 3.52. The van der Waals surface area contributed by atoms with Crippen LogP contribution in [0.1, 0.15) is 12.5 Å². The van der Waals surface area contributed by atoms with E-state index < -0.39 is 0 Å². The van der Waals surface area contributed by atoms with Crippen LogP contribution in [0.4, 0.5) is 0 Å².